The number of benzene rings is 3. The van der Waals surface area contributed by atoms with Crippen LogP contribution < -0.4 is 14.8 Å². The number of hydrogen-bond acceptors (Lipinski definition) is 5. The Labute approximate surface area is 289 Å². The monoisotopic (exact) mass is 645 g/mol. The molecule has 6 bridgehead atoms. The second-order valence-electron chi connectivity index (χ2n) is 14.0. The maximum absolute atomic E-state index is 6.73. The van der Waals surface area contributed by atoms with E-state index < -0.39 is 0 Å². The van der Waals surface area contributed by atoms with Gasteiger partial charge in [-0.2, -0.15) is 0 Å². The molecule has 5 heteroatoms. The summed E-state index contributed by atoms with van der Waals surface area (Å²) < 4.78 is 12.9. The molecule has 3 aromatic rings. The van der Waals surface area contributed by atoms with Gasteiger partial charge in [-0.05, 0) is 166 Å². The highest BCUT2D eigenvalue weighted by Crippen LogP contribution is 2.40. The van der Waals surface area contributed by atoms with Crippen LogP contribution in [0.25, 0.3) is 0 Å². The van der Waals surface area contributed by atoms with Crippen molar-refractivity contribution in [2.75, 3.05) is 47.9 Å². The zero-order chi connectivity index (χ0) is 33.6. The summed E-state index contributed by atoms with van der Waals surface area (Å²) in [6.07, 6.45) is 13.5. The van der Waals surface area contributed by atoms with Crippen LogP contribution in [0.2, 0.25) is 0 Å². The van der Waals surface area contributed by atoms with Gasteiger partial charge in [0.15, 0.2) is 0 Å². The number of rotatable bonds is 9. The molecule has 48 heavy (non-hydrogen) atoms. The summed E-state index contributed by atoms with van der Waals surface area (Å²) in [5, 5.41) is 3.29. The van der Waals surface area contributed by atoms with Crippen LogP contribution >= 0.6 is 0 Å². The molecule has 1 N–H and O–H groups in total. The van der Waals surface area contributed by atoms with Gasteiger partial charge in [0.2, 0.25) is 0 Å². The number of allylic oxidation sites excluding steroid dienone is 3. The first kappa shape index (κ1) is 34.2. The van der Waals surface area contributed by atoms with Crippen LogP contribution in [0.1, 0.15) is 72.0 Å². The highest BCUT2D eigenvalue weighted by atomic mass is 16.5. The molecular formula is C43H55N3O2. The SMILES string of the molecule is C=C/C(=C\C1=C2Cc3cc4c(cc3OC)CCN(C)C4Cc3ccc(cc3)Oc3cc(ccc3CCCCNC)CC2N(C)CC1)CC. The van der Waals surface area contributed by atoms with E-state index >= 15 is 0 Å². The zero-order valence-electron chi connectivity index (χ0n) is 29.9. The highest BCUT2D eigenvalue weighted by molar-refractivity contribution is 5.50. The molecule has 5 nitrogen and oxygen atoms in total. The molecule has 7 rings (SSSR count). The van der Waals surface area contributed by atoms with Gasteiger partial charge in [-0.25, -0.2) is 0 Å². The van der Waals surface area contributed by atoms with E-state index in [1.165, 1.54) is 50.1 Å². The van der Waals surface area contributed by atoms with Crippen molar-refractivity contribution in [2.24, 2.45) is 0 Å². The average Bonchev–Trinajstić information content (AvgIpc) is 3.10. The minimum Gasteiger partial charge on any atom is -0.496 e. The lowest BCUT2D eigenvalue weighted by Gasteiger charge is -2.38. The lowest BCUT2D eigenvalue weighted by Crippen LogP contribution is -2.40. The Balaban J connectivity index is 1.51. The predicted molar refractivity (Wildman–Crippen MR) is 200 cm³/mol. The van der Waals surface area contributed by atoms with Crippen LogP contribution in [0, 0.1) is 0 Å². The first-order chi connectivity index (χ1) is 23.4. The van der Waals surface area contributed by atoms with E-state index in [0.29, 0.717) is 6.04 Å². The predicted octanol–water partition coefficient (Wildman–Crippen LogP) is 8.42. The van der Waals surface area contributed by atoms with Crippen LogP contribution in [-0.2, 0) is 32.1 Å². The Morgan fingerprint density at radius 1 is 0.938 bits per heavy atom. The van der Waals surface area contributed by atoms with E-state index in [1.807, 2.05) is 20.2 Å². The fourth-order valence-corrected chi connectivity index (χ4v) is 7.91. The standard InChI is InChI=1S/C43H55N3O2/c1-7-30(8-2)23-34-18-21-46(5)41-25-32-12-15-33(11-9-10-20-44-3)43(26-32)48-37-16-13-31(14-17-37)24-40-39-28-36(27-38(34)41)42(47-6)29-35(39)19-22-45(40)4/h7,12-17,23,26,28-29,40-41,44H,1,8-11,18-22,24-25,27H2,2-6H3/b30-23+. The second-order valence-corrected chi connectivity index (χ2v) is 14.0. The van der Waals surface area contributed by atoms with E-state index in [-0.39, 0.29) is 6.04 Å². The maximum atomic E-state index is 6.73. The molecule has 3 aromatic carbocycles. The summed E-state index contributed by atoms with van der Waals surface area (Å²) in [6, 6.07) is 21.2. The van der Waals surface area contributed by atoms with E-state index in [9.17, 15) is 0 Å². The molecule has 254 valence electrons. The fourth-order valence-electron chi connectivity index (χ4n) is 7.91. The Kier molecular flexibility index (Phi) is 11.2. The van der Waals surface area contributed by atoms with Gasteiger partial charge in [-0.15, -0.1) is 0 Å². The number of nitrogens with one attached hydrogen (secondary N) is 1. The molecule has 2 atom stereocenters. The smallest absolute Gasteiger partial charge is 0.130 e. The summed E-state index contributed by atoms with van der Waals surface area (Å²) in [4.78, 5) is 5.09. The number of nitrogens with zero attached hydrogens (tertiary/aromatic N) is 2. The molecule has 0 spiro atoms. The third kappa shape index (κ3) is 7.64. The molecule has 0 amide bonds. The van der Waals surface area contributed by atoms with Crippen molar-refractivity contribution in [2.45, 2.75) is 76.8 Å². The third-order valence-electron chi connectivity index (χ3n) is 10.9. The third-order valence-corrected chi connectivity index (χ3v) is 10.9. The van der Waals surface area contributed by atoms with Crippen LogP contribution in [-0.4, -0.2) is 63.7 Å². The molecule has 4 aliphatic rings. The lowest BCUT2D eigenvalue weighted by atomic mass is 9.82. The quantitative estimate of drug-likeness (QED) is 0.187. The molecule has 0 saturated carbocycles. The number of hydrogen-bond donors (Lipinski definition) is 1. The van der Waals surface area contributed by atoms with Crippen molar-refractivity contribution in [3.63, 3.8) is 0 Å². The van der Waals surface area contributed by atoms with Crippen LogP contribution in [0.5, 0.6) is 17.2 Å². The first-order valence-corrected chi connectivity index (χ1v) is 18.1. The average molecular weight is 646 g/mol. The minimum atomic E-state index is 0.260. The minimum absolute atomic E-state index is 0.260. The van der Waals surface area contributed by atoms with Gasteiger partial charge in [-0.1, -0.05) is 49.9 Å². The Hall–Kier alpha value is -3.64. The fraction of sp³-hybridized carbons (Fsp3) is 0.442. The highest BCUT2D eigenvalue weighted by Gasteiger charge is 2.31. The first-order valence-electron chi connectivity index (χ1n) is 18.1. The second kappa shape index (κ2) is 15.7. The molecule has 4 aliphatic heterocycles. The van der Waals surface area contributed by atoms with E-state index in [4.69, 9.17) is 9.47 Å². The molecule has 0 radical (unpaired) electrons. The molecule has 0 aliphatic carbocycles. The van der Waals surface area contributed by atoms with Crippen molar-refractivity contribution in [3.8, 4) is 17.2 Å². The largest absolute Gasteiger partial charge is 0.496 e. The lowest BCUT2D eigenvalue weighted by molar-refractivity contribution is 0.228. The molecule has 0 fully saturated rings. The Bertz CT molecular complexity index is 1650. The van der Waals surface area contributed by atoms with Crippen molar-refractivity contribution in [3.05, 3.63) is 123 Å². The number of ether oxygens (including phenoxy) is 2. The van der Waals surface area contributed by atoms with Crippen molar-refractivity contribution < 1.29 is 9.47 Å². The summed E-state index contributed by atoms with van der Waals surface area (Å²) >= 11 is 0. The molecule has 0 aromatic heterocycles. The van der Waals surface area contributed by atoms with Crippen LogP contribution in [0.4, 0.5) is 0 Å². The molecule has 4 heterocycles. The van der Waals surface area contributed by atoms with Gasteiger partial charge < -0.3 is 14.8 Å². The summed E-state index contributed by atoms with van der Waals surface area (Å²) in [7, 11) is 8.44. The van der Waals surface area contributed by atoms with Crippen molar-refractivity contribution in [1.29, 1.82) is 0 Å². The summed E-state index contributed by atoms with van der Waals surface area (Å²) in [5.41, 5.74) is 12.3. The van der Waals surface area contributed by atoms with Gasteiger partial charge in [-0.3, -0.25) is 9.80 Å². The van der Waals surface area contributed by atoms with Crippen molar-refractivity contribution in [1.82, 2.24) is 15.1 Å². The van der Waals surface area contributed by atoms with E-state index in [2.05, 4.69) is 103 Å². The van der Waals surface area contributed by atoms with E-state index in [1.54, 1.807) is 0 Å². The maximum Gasteiger partial charge on any atom is 0.130 e. The van der Waals surface area contributed by atoms with Gasteiger partial charge in [0, 0.05) is 25.2 Å². The Morgan fingerprint density at radius 3 is 2.44 bits per heavy atom. The zero-order valence-corrected chi connectivity index (χ0v) is 29.9. The van der Waals surface area contributed by atoms with Gasteiger partial charge in [0.25, 0.3) is 0 Å². The summed E-state index contributed by atoms with van der Waals surface area (Å²) in [5.74, 6) is 2.91. The van der Waals surface area contributed by atoms with Gasteiger partial charge >= 0.3 is 0 Å². The van der Waals surface area contributed by atoms with Crippen LogP contribution in [0.3, 0.4) is 0 Å². The molecular weight excluding hydrogens is 590 g/mol. The normalized spacial score (nSPS) is 20.2. The number of methoxy groups -OCH3 is 1. The van der Waals surface area contributed by atoms with Crippen LogP contribution in [0.15, 0.2) is 90.0 Å². The Morgan fingerprint density at radius 2 is 1.69 bits per heavy atom. The van der Waals surface area contributed by atoms with Gasteiger partial charge in [0.05, 0.1) is 7.11 Å². The molecule has 2 unspecified atom stereocenters. The summed E-state index contributed by atoms with van der Waals surface area (Å²) in [6.45, 7) is 9.48. The topological polar surface area (TPSA) is 37.0 Å². The van der Waals surface area contributed by atoms with Crippen molar-refractivity contribution >= 4 is 0 Å². The number of likely N-dealkylation sites (N-methyl/N-ethyl adjacent to an activating group) is 2. The number of unbranched alkanes of at least 4 members (excludes halogenated alkanes) is 1. The van der Waals surface area contributed by atoms with E-state index in [0.717, 1.165) is 94.7 Å². The molecule has 0 saturated heterocycles. The number of fused-ring (bicyclic) bond motifs is 2. The van der Waals surface area contributed by atoms with Gasteiger partial charge in [0.1, 0.15) is 17.2 Å². The number of aryl methyl sites for hydroxylation is 1.